The van der Waals surface area contributed by atoms with Gasteiger partial charge in [-0.3, -0.25) is 0 Å². The lowest BCUT2D eigenvalue weighted by atomic mass is 9.93. The van der Waals surface area contributed by atoms with Gasteiger partial charge in [0.05, 0.1) is 7.11 Å². The molecule has 0 spiro atoms. The van der Waals surface area contributed by atoms with Crippen LogP contribution in [0.2, 0.25) is 10.0 Å². The highest BCUT2D eigenvalue weighted by atomic mass is 79.9. The van der Waals surface area contributed by atoms with Crippen LogP contribution in [0.1, 0.15) is 11.1 Å². The summed E-state index contributed by atoms with van der Waals surface area (Å²) in [5, 5.41) is 2.34. The summed E-state index contributed by atoms with van der Waals surface area (Å²) in [5.41, 5.74) is 2.22. The molecule has 0 fully saturated rings. The average molecular weight is 388 g/mol. The molecule has 2 rings (SSSR count). The van der Waals surface area contributed by atoms with Gasteiger partial charge in [-0.2, -0.15) is 0 Å². The van der Waals surface area contributed by atoms with E-state index in [2.05, 4.69) is 22.0 Å². The van der Waals surface area contributed by atoms with Crippen molar-refractivity contribution in [1.29, 1.82) is 0 Å². The van der Waals surface area contributed by atoms with Gasteiger partial charge in [-0.05, 0) is 48.1 Å². The van der Waals surface area contributed by atoms with E-state index in [4.69, 9.17) is 27.9 Å². The Kier molecular flexibility index (Phi) is 6.40. The monoisotopic (exact) mass is 386 g/mol. The lowest BCUT2D eigenvalue weighted by molar-refractivity contribution is 0.406. The first kappa shape index (κ1) is 16.7. The normalized spacial score (nSPS) is 12.2. The van der Waals surface area contributed by atoms with Crippen molar-refractivity contribution < 1.29 is 4.74 Å². The van der Waals surface area contributed by atoms with Gasteiger partial charge >= 0.3 is 0 Å². The van der Waals surface area contributed by atoms with Gasteiger partial charge in [0.15, 0.2) is 0 Å². The third-order valence-electron chi connectivity index (χ3n) is 3.47. The SMILES string of the molecule is COc1ccccc1CC(CBr)Cc1c(Cl)cccc1Cl. The first-order chi connectivity index (χ1) is 10.2. The van der Waals surface area contributed by atoms with Crippen LogP contribution in [-0.2, 0) is 12.8 Å². The van der Waals surface area contributed by atoms with Gasteiger partial charge in [-0.15, -0.1) is 0 Å². The molecule has 1 nitrogen and oxygen atoms in total. The third kappa shape index (κ3) is 4.38. The molecular formula is C17H17BrCl2O. The van der Waals surface area contributed by atoms with E-state index < -0.39 is 0 Å². The molecule has 0 radical (unpaired) electrons. The van der Waals surface area contributed by atoms with E-state index in [0.29, 0.717) is 5.92 Å². The molecule has 0 saturated carbocycles. The number of hydrogen-bond acceptors (Lipinski definition) is 1. The lowest BCUT2D eigenvalue weighted by Crippen LogP contribution is -2.11. The van der Waals surface area contributed by atoms with Gasteiger partial charge in [-0.1, -0.05) is 63.4 Å². The first-order valence-corrected chi connectivity index (χ1v) is 8.64. The molecular weight excluding hydrogens is 371 g/mol. The lowest BCUT2D eigenvalue weighted by Gasteiger charge is -2.17. The minimum Gasteiger partial charge on any atom is -0.496 e. The zero-order valence-corrected chi connectivity index (χ0v) is 14.9. The fourth-order valence-electron chi connectivity index (χ4n) is 2.38. The Morgan fingerprint density at radius 1 is 1.00 bits per heavy atom. The molecule has 2 aromatic rings. The molecule has 0 N–H and O–H groups in total. The quantitative estimate of drug-likeness (QED) is 0.569. The van der Waals surface area contributed by atoms with Gasteiger partial charge in [0.1, 0.15) is 5.75 Å². The Bertz CT molecular complexity index is 581. The maximum Gasteiger partial charge on any atom is 0.122 e. The predicted molar refractivity (Wildman–Crippen MR) is 94.1 cm³/mol. The van der Waals surface area contributed by atoms with Crippen LogP contribution in [0.15, 0.2) is 42.5 Å². The number of rotatable bonds is 6. The fraction of sp³-hybridized carbons (Fsp3) is 0.294. The Labute approximate surface area is 144 Å². The van der Waals surface area contributed by atoms with Crippen LogP contribution in [0, 0.1) is 5.92 Å². The zero-order chi connectivity index (χ0) is 15.2. The van der Waals surface area contributed by atoms with Crippen LogP contribution in [-0.4, -0.2) is 12.4 Å². The van der Waals surface area contributed by atoms with Gasteiger partial charge in [-0.25, -0.2) is 0 Å². The molecule has 2 aromatic carbocycles. The fourth-order valence-corrected chi connectivity index (χ4v) is 3.39. The average Bonchev–Trinajstić information content (AvgIpc) is 2.50. The number of halogens is 3. The highest BCUT2D eigenvalue weighted by Crippen LogP contribution is 2.30. The van der Waals surface area contributed by atoms with Gasteiger partial charge in [0.2, 0.25) is 0 Å². The Morgan fingerprint density at radius 2 is 1.67 bits per heavy atom. The smallest absolute Gasteiger partial charge is 0.122 e. The number of hydrogen-bond donors (Lipinski definition) is 0. The van der Waals surface area contributed by atoms with Gasteiger partial charge in [0.25, 0.3) is 0 Å². The minimum absolute atomic E-state index is 0.402. The second kappa shape index (κ2) is 8.07. The van der Waals surface area contributed by atoms with E-state index in [-0.39, 0.29) is 0 Å². The van der Waals surface area contributed by atoms with Crippen molar-refractivity contribution in [2.24, 2.45) is 5.92 Å². The van der Waals surface area contributed by atoms with E-state index >= 15 is 0 Å². The summed E-state index contributed by atoms with van der Waals surface area (Å²) in [6, 6.07) is 13.7. The molecule has 4 heteroatoms. The van der Waals surface area contributed by atoms with Crippen LogP contribution in [0.3, 0.4) is 0 Å². The second-order valence-electron chi connectivity index (χ2n) is 4.94. The molecule has 0 amide bonds. The molecule has 21 heavy (non-hydrogen) atoms. The van der Waals surface area contributed by atoms with E-state index in [1.54, 1.807) is 7.11 Å². The number of methoxy groups -OCH3 is 1. The van der Waals surface area contributed by atoms with E-state index in [0.717, 1.165) is 39.5 Å². The van der Waals surface area contributed by atoms with Crippen LogP contribution < -0.4 is 4.74 Å². The number of benzene rings is 2. The molecule has 0 saturated heterocycles. The third-order valence-corrected chi connectivity index (χ3v) is 5.10. The van der Waals surface area contributed by atoms with Crippen molar-refractivity contribution in [3.63, 3.8) is 0 Å². The van der Waals surface area contributed by atoms with E-state index in [1.807, 2.05) is 36.4 Å². The van der Waals surface area contributed by atoms with Crippen LogP contribution >= 0.6 is 39.1 Å². The maximum absolute atomic E-state index is 6.27. The molecule has 0 aliphatic carbocycles. The van der Waals surface area contributed by atoms with Crippen molar-refractivity contribution in [1.82, 2.24) is 0 Å². The molecule has 0 aliphatic heterocycles. The first-order valence-electron chi connectivity index (χ1n) is 6.76. The molecule has 0 bridgehead atoms. The predicted octanol–water partition coefficient (Wildman–Crippen LogP) is 5.80. The number of alkyl halides is 1. The van der Waals surface area contributed by atoms with Crippen LogP contribution in [0.25, 0.3) is 0 Å². The summed E-state index contributed by atoms with van der Waals surface area (Å²) in [7, 11) is 1.70. The van der Waals surface area contributed by atoms with Crippen molar-refractivity contribution in [2.45, 2.75) is 12.8 Å². The highest BCUT2D eigenvalue weighted by molar-refractivity contribution is 9.09. The summed E-state index contributed by atoms with van der Waals surface area (Å²) in [6.07, 6.45) is 1.75. The van der Waals surface area contributed by atoms with E-state index in [9.17, 15) is 0 Å². The van der Waals surface area contributed by atoms with Crippen molar-refractivity contribution in [3.05, 3.63) is 63.6 Å². The Morgan fingerprint density at radius 3 is 2.29 bits per heavy atom. The number of ether oxygens (including phenoxy) is 1. The second-order valence-corrected chi connectivity index (χ2v) is 6.40. The Hall–Kier alpha value is -0.700. The van der Waals surface area contributed by atoms with Gasteiger partial charge < -0.3 is 4.74 Å². The molecule has 1 unspecified atom stereocenters. The summed E-state index contributed by atoms with van der Waals surface area (Å²) in [6.45, 7) is 0. The molecule has 1 atom stereocenters. The molecule has 0 heterocycles. The van der Waals surface area contributed by atoms with E-state index in [1.165, 1.54) is 5.56 Å². The van der Waals surface area contributed by atoms with Crippen molar-refractivity contribution in [2.75, 3.05) is 12.4 Å². The Balaban J connectivity index is 2.17. The summed E-state index contributed by atoms with van der Waals surface area (Å²) in [5.74, 6) is 1.33. The van der Waals surface area contributed by atoms with Crippen molar-refractivity contribution in [3.8, 4) is 5.75 Å². The summed E-state index contributed by atoms with van der Waals surface area (Å²) < 4.78 is 5.42. The highest BCUT2D eigenvalue weighted by Gasteiger charge is 2.15. The van der Waals surface area contributed by atoms with Gasteiger partial charge in [0, 0.05) is 15.4 Å². The molecule has 0 aliphatic rings. The molecule has 112 valence electrons. The van der Waals surface area contributed by atoms with Crippen molar-refractivity contribution >= 4 is 39.1 Å². The summed E-state index contributed by atoms with van der Waals surface area (Å²) in [4.78, 5) is 0. The van der Waals surface area contributed by atoms with Crippen LogP contribution in [0.4, 0.5) is 0 Å². The zero-order valence-electron chi connectivity index (χ0n) is 11.8. The largest absolute Gasteiger partial charge is 0.496 e. The summed E-state index contributed by atoms with van der Waals surface area (Å²) >= 11 is 16.1. The number of para-hydroxylation sites is 1. The topological polar surface area (TPSA) is 9.23 Å². The maximum atomic E-state index is 6.27. The molecule has 0 aromatic heterocycles. The standard InChI is InChI=1S/C17H17BrCl2O/c1-21-17-8-3-2-5-13(17)9-12(11-18)10-14-15(19)6-4-7-16(14)20/h2-8,12H,9-11H2,1H3. The minimum atomic E-state index is 0.402. The van der Waals surface area contributed by atoms with Crippen LogP contribution in [0.5, 0.6) is 5.75 Å².